The summed E-state index contributed by atoms with van der Waals surface area (Å²) in [5.74, 6) is -2.29. The molecule has 35 heavy (non-hydrogen) atoms. The Morgan fingerprint density at radius 3 is 2.63 bits per heavy atom. The minimum absolute atomic E-state index is 0.0294. The van der Waals surface area contributed by atoms with Crippen molar-refractivity contribution in [2.24, 2.45) is 11.8 Å². The molecule has 1 N–H and O–H groups in total. The number of allylic oxidation sites excluding steroid dienone is 1. The average molecular weight is 487 g/mol. The summed E-state index contributed by atoms with van der Waals surface area (Å²) in [6.45, 7) is 1.21. The molecule has 1 unspecified atom stereocenters. The van der Waals surface area contributed by atoms with Crippen molar-refractivity contribution in [3.05, 3.63) is 24.3 Å². The third kappa shape index (κ3) is 4.33. The van der Waals surface area contributed by atoms with Crippen LogP contribution in [-0.2, 0) is 23.9 Å². The zero-order valence-electron chi connectivity index (χ0n) is 20.5. The summed E-state index contributed by atoms with van der Waals surface area (Å²) in [6.07, 6.45) is 16.2. The molecule has 1 spiro atoms. The van der Waals surface area contributed by atoms with Crippen LogP contribution in [-0.4, -0.2) is 82.8 Å². The maximum Gasteiger partial charge on any atom is 0.312 e. The minimum atomic E-state index is -1.19. The Labute approximate surface area is 207 Å². The number of hydrogen-bond donors (Lipinski definition) is 1. The molecule has 0 bridgehead atoms. The lowest BCUT2D eigenvalue weighted by Gasteiger charge is -2.39. The van der Waals surface area contributed by atoms with Crippen molar-refractivity contribution >= 4 is 17.8 Å². The van der Waals surface area contributed by atoms with Crippen LogP contribution in [0.3, 0.4) is 0 Å². The Morgan fingerprint density at radius 1 is 1.00 bits per heavy atom. The first-order valence-corrected chi connectivity index (χ1v) is 13.5. The maximum absolute atomic E-state index is 14.2. The van der Waals surface area contributed by atoms with Crippen LogP contribution < -0.4 is 0 Å². The molecule has 0 aromatic carbocycles. The number of cyclic esters (lactones) is 1. The predicted octanol–water partition coefficient (Wildman–Crippen LogP) is 2.35. The first kappa shape index (κ1) is 24.5. The monoisotopic (exact) mass is 486 g/mol. The lowest BCUT2D eigenvalue weighted by Crippen LogP contribution is -2.57. The number of hydrogen-bond acceptors (Lipinski definition) is 6. The molecule has 4 aliphatic heterocycles. The molecule has 0 aromatic heterocycles. The minimum Gasteiger partial charge on any atom is -0.465 e. The Hall–Kier alpha value is -2.19. The molecular formula is C27H38N2O6. The molecule has 0 aromatic rings. The number of carbonyl (C=O) groups is 3. The number of esters is 1. The van der Waals surface area contributed by atoms with E-state index in [9.17, 15) is 19.5 Å². The zero-order chi connectivity index (χ0) is 24.4. The van der Waals surface area contributed by atoms with E-state index in [-0.39, 0.29) is 24.5 Å². The van der Waals surface area contributed by atoms with Crippen molar-refractivity contribution in [1.82, 2.24) is 9.80 Å². The van der Waals surface area contributed by atoms with Crippen molar-refractivity contribution in [1.29, 1.82) is 0 Å². The molecule has 5 atom stereocenters. The van der Waals surface area contributed by atoms with Gasteiger partial charge < -0.3 is 24.4 Å². The van der Waals surface area contributed by atoms with Crippen LogP contribution in [0.25, 0.3) is 0 Å². The summed E-state index contributed by atoms with van der Waals surface area (Å²) in [7, 11) is 0. The largest absolute Gasteiger partial charge is 0.465 e. The molecular weight excluding hydrogens is 448 g/mol. The van der Waals surface area contributed by atoms with E-state index < -0.39 is 35.6 Å². The highest BCUT2D eigenvalue weighted by molar-refractivity contribution is 5.99. The molecule has 3 fully saturated rings. The number of aliphatic hydroxyl groups is 1. The van der Waals surface area contributed by atoms with E-state index in [1.807, 2.05) is 29.2 Å². The molecule has 1 aliphatic carbocycles. The third-order valence-electron chi connectivity index (χ3n) is 8.45. The first-order chi connectivity index (χ1) is 17.1. The van der Waals surface area contributed by atoms with Gasteiger partial charge in [-0.3, -0.25) is 14.4 Å². The lowest BCUT2D eigenvalue weighted by molar-refractivity contribution is -0.155. The molecule has 2 saturated heterocycles. The molecule has 5 rings (SSSR count). The van der Waals surface area contributed by atoms with Crippen molar-refractivity contribution < 1.29 is 29.0 Å². The Morgan fingerprint density at radius 2 is 1.83 bits per heavy atom. The van der Waals surface area contributed by atoms with E-state index in [4.69, 9.17) is 9.47 Å². The predicted molar refractivity (Wildman–Crippen MR) is 128 cm³/mol. The number of ether oxygens (including phenoxy) is 2. The molecule has 8 heteroatoms. The van der Waals surface area contributed by atoms with Gasteiger partial charge in [-0.05, 0) is 44.9 Å². The fourth-order valence-electron chi connectivity index (χ4n) is 6.79. The number of unbranched alkanes of at least 4 members (excludes halogenated alkanes) is 1. The Kier molecular flexibility index (Phi) is 7.30. The van der Waals surface area contributed by atoms with Crippen molar-refractivity contribution in [2.45, 2.75) is 88.0 Å². The van der Waals surface area contributed by atoms with E-state index in [1.54, 1.807) is 4.90 Å². The van der Waals surface area contributed by atoms with Gasteiger partial charge in [0.05, 0.1) is 18.6 Å². The summed E-state index contributed by atoms with van der Waals surface area (Å²) in [4.78, 5) is 45.0. The highest BCUT2D eigenvalue weighted by Crippen LogP contribution is 2.53. The number of rotatable bonds is 5. The van der Waals surface area contributed by atoms with Crippen molar-refractivity contribution in [2.75, 3.05) is 26.3 Å². The van der Waals surface area contributed by atoms with Crippen molar-refractivity contribution in [3.8, 4) is 0 Å². The van der Waals surface area contributed by atoms with Crippen molar-refractivity contribution in [3.63, 3.8) is 0 Å². The summed E-state index contributed by atoms with van der Waals surface area (Å²) in [5, 5.41) is 9.32. The number of aliphatic hydroxyl groups excluding tert-OH is 1. The van der Waals surface area contributed by atoms with Gasteiger partial charge in [-0.1, -0.05) is 43.6 Å². The number of likely N-dealkylation sites (tertiary alicyclic amines) is 1. The second kappa shape index (κ2) is 10.4. The number of amides is 2. The van der Waals surface area contributed by atoms with Gasteiger partial charge in [-0.25, -0.2) is 0 Å². The number of nitrogens with zero attached hydrogens (tertiary/aromatic N) is 2. The Balaban J connectivity index is 1.54. The maximum atomic E-state index is 14.2. The van der Waals surface area contributed by atoms with Gasteiger partial charge in [0.2, 0.25) is 11.8 Å². The van der Waals surface area contributed by atoms with Crippen LogP contribution in [0.2, 0.25) is 0 Å². The Bertz CT molecular complexity index is 881. The standard InChI is InChI=1S/C27H38N2O6/c30-17-8-7-15-29-23-25(32)28(19-11-4-3-5-12-19)16-10-14-27(23)22(24(29)31)21-20(35-27)13-6-1-2-9-18-34-26(21)33/h6,10,13-14,19-23,30H,1-5,7-9,11-12,15-18H2/b13-6-/t20-,21+,22+,23?,27+/m1/s1. The van der Waals surface area contributed by atoms with E-state index >= 15 is 0 Å². The van der Waals surface area contributed by atoms with Gasteiger partial charge >= 0.3 is 5.97 Å². The molecule has 1 saturated carbocycles. The molecule has 8 nitrogen and oxygen atoms in total. The molecule has 192 valence electrons. The fraction of sp³-hybridized carbons (Fsp3) is 0.741. The molecule has 5 aliphatic rings. The molecule has 4 heterocycles. The van der Waals surface area contributed by atoms with Crippen LogP contribution in [0, 0.1) is 11.8 Å². The summed E-state index contributed by atoms with van der Waals surface area (Å²) < 4.78 is 12.2. The van der Waals surface area contributed by atoms with E-state index in [2.05, 4.69) is 0 Å². The average Bonchev–Trinajstić information content (AvgIpc) is 3.24. The van der Waals surface area contributed by atoms with Gasteiger partial charge in [0.25, 0.3) is 0 Å². The van der Waals surface area contributed by atoms with E-state index in [0.29, 0.717) is 32.5 Å². The molecule has 0 radical (unpaired) electrons. The van der Waals surface area contributed by atoms with Crippen LogP contribution in [0.1, 0.15) is 64.2 Å². The van der Waals surface area contributed by atoms with Gasteiger partial charge in [0.1, 0.15) is 17.6 Å². The van der Waals surface area contributed by atoms with Gasteiger partial charge in [-0.15, -0.1) is 0 Å². The quantitative estimate of drug-likeness (QED) is 0.364. The van der Waals surface area contributed by atoms with Crippen LogP contribution in [0.4, 0.5) is 0 Å². The van der Waals surface area contributed by atoms with Gasteiger partial charge in [0.15, 0.2) is 0 Å². The van der Waals surface area contributed by atoms with E-state index in [0.717, 1.165) is 44.9 Å². The summed E-state index contributed by atoms with van der Waals surface area (Å²) >= 11 is 0. The zero-order valence-corrected chi connectivity index (χ0v) is 20.5. The summed E-state index contributed by atoms with van der Waals surface area (Å²) in [5.41, 5.74) is -1.19. The van der Waals surface area contributed by atoms with Crippen LogP contribution >= 0.6 is 0 Å². The second-order valence-corrected chi connectivity index (χ2v) is 10.6. The topological polar surface area (TPSA) is 96.4 Å². The van der Waals surface area contributed by atoms with Gasteiger partial charge in [0, 0.05) is 25.7 Å². The lowest BCUT2D eigenvalue weighted by atomic mass is 9.77. The first-order valence-electron chi connectivity index (χ1n) is 13.5. The van der Waals surface area contributed by atoms with Crippen LogP contribution in [0.15, 0.2) is 24.3 Å². The normalized spacial score (nSPS) is 36.9. The summed E-state index contributed by atoms with van der Waals surface area (Å²) in [6, 6.07) is -0.644. The smallest absolute Gasteiger partial charge is 0.312 e. The third-order valence-corrected chi connectivity index (χ3v) is 8.45. The SMILES string of the molecule is O=C1OCCCC/C=C\[C@H]2O[C@]34C=CCN(C5CCCCC5)C(=O)C3N(CCCCO)C(=O)[C@@H]4[C@@H]12. The second-order valence-electron chi connectivity index (χ2n) is 10.6. The van der Waals surface area contributed by atoms with E-state index in [1.165, 1.54) is 6.42 Å². The van der Waals surface area contributed by atoms with Crippen LogP contribution in [0.5, 0.6) is 0 Å². The highest BCUT2D eigenvalue weighted by Gasteiger charge is 2.71. The highest BCUT2D eigenvalue weighted by atomic mass is 16.6. The van der Waals surface area contributed by atoms with Gasteiger partial charge in [-0.2, -0.15) is 0 Å². The number of carbonyl (C=O) groups excluding carboxylic acids is 3. The molecule has 2 amide bonds. The fourth-order valence-corrected chi connectivity index (χ4v) is 6.79. The number of fused-ring (bicyclic) bond motifs is 2.